The predicted molar refractivity (Wildman–Crippen MR) is 134 cm³/mol. The Labute approximate surface area is 194 Å². The number of amides is 1. The molecular weight excluding hydrogens is 410 g/mol. The molecule has 1 saturated heterocycles. The second kappa shape index (κ2) is 9.88. The molecule has 0 bridgehead atoms. The van der Waals surface area contributed by atoms with Crippen LogP contribution in [-0.4, -0.2) is 53.5 Å². The van der Waals surface area contributed by atoms with Crippen molar-refractivity contribution < 1.29 is 4.79 Å². The lowest BCUT2D eigenvalue weighted by atomic mass is 10.1. The van der Waals surface area contributed by atoms with E-state index in [2.05, 4.69) is 55.4 Å². The van der Waals surface area contributed by atoms with Crippen molar-refractivity contribution in [2.24, 2.45) is 0 Å². The van der Waals surface area contributed by atoms with E-state index >= 15 is 0 Å². The zero-order valence-electron chi connectivity index (χ0n) is 18.7. The predicted octanol–water partition coefficient (Wildman–Crippen LogP) is 4.77. The highest BCUT2D eigenvalue weighted by molar-refractivity contribution is 5.95. The van der Waals surface area contributed by atoms with Crippen LogP contribution in [0, 0.1) is 0 Å². The number of nitrogens with one attached hydrogen (secondary N) is 2. The molecule has 6 heteroatoms. The summed E-state index contributed by atoms with van der Waals surface area (Å²) in [5.74, 6) is 0.810. The Hall–Kier alpha value is -3.64. The molecule has 4 aromatic rings. The van der Waals surface area contributed by atoms with Crippen LogP contribution in [-0.2, 0) is 4.79 Å². The maximum atomic E-state index is 12.7. The maximum Gasteiger partial charge on any atom is 0.224 e. The highest BCUT2D eigenvalue weighted by Crippen LogP contribution is 2.27. The first-order chi connectivity index (χ1) is 16.3. The van der Waals surface area contributed by atoms with E-state index in [-0.39, 0.29) is 5.91 Å². The summed E-state index contributed by atoms with van der Waals surface area (Å²) in [7, 11) is 0. The summed E-state index contributed by atoms with van der Waals surface area (Å²) in [6.07, 6.45) is 1.36. The lowest BCUT2D eigenvalue weighted by Gasteiger charge is -2.36. The molecule has 6 nitrogen and oxygen atoms in total. The third-order valence-corrected chi connectivity index (χ3v) is 6.22. The van der Waals surface area contributed by atoms with Gasteiger partial charge in [0.25, 0.3) is 0 Å². The fourth-order valence-electron chi connectivity index (χ4n) is 4.42. The van der Waals surface area contributed by atoms with Gasteiger partial charge in [-0.2, -0.15) is 0 Å². The molecule has 0 radical (unpaired) electrons. The van der Waals surface area contributed by atoms with Gasteiger partial charge in [-0.05, 0) is 49.4 Å². The molecule has 1 aliphatic heterocycles. The summed E-state index contributed by atoms with van der Waals surface area (Å²) < 4.78 is 0. The van der Waals surface area contributed by atoms with Crippen molar-refractivity contribution in [1.82, 2.24) is 14.9 Å². The molecule has 33 heavy (non-hydrogen) atoms. The van der Waals surface area contributed by atoms with Gasteiger partial charge in [-0.3, -0.25) is 9.69 Å². The molecule has 168 valence electrons. The smallest absolute Gasteiger partial charge is 0.224 e. The number of carbonyl (C=O) groups is 1. The first kappa shape index (κ1) is 21.2. The monoisotopic (exact) mass is 439 g/mol. The maximum absolute atomic E-state index is 12.7. The number of hydrogen-bond donors (Lipinski definition) is 2. The zero-order valence-corrected chi connectivity index (χ0v) is 18.7. The number of imidazole rings is 1. The molecule has 2 heterocycles. The third kappa shape index (κ3) is 5.07. The number of nitrogens with zero attached hydrogens (tertiary/aromatic N) is 3. The minimum absolute atomic E-state index is 0.0430. The minimum Gasteiger partial charge on any atom is -0.369 e. The van der Waals surface area contributed by atoms with Gasteiger partial charge >= 0.3 is 0 Å². The molecule has 1 aromatic heterocycles. The van der Waals surface area contributed by atoms with Gasteiger partial charge in [0.05, 0.1) is 16.7 Å². The number of para-hydroxylation sites is 4. The number of aromatic amines is 1. The van der Waals surface area contributed by atoms with Crippen molar-refractivity contribution in [2.45, 2.75) is 12.8 Å². The summed E-state index contributed by atoms with van der Waals surface area (Å²) in [5.41, 5.74) is 4.89. The van der Waals surface area contributed by atoms with Crippen molar-refractivity contribution in [1.29, 1.82) is 0 Å². The van der Waals surface area contributed by atoms with Gasteiger partial charge in [-0.25, -0.2) is 4.98 Å². The number of piperazine rings is 1. The van der Waals surface area contributed by atoms with Crippen LogP contribution in [0.3, 0.4) is 0 Å². The average molecular weight is 440 g/mol. The topological polar surface area (TPSA) is 64.3 Å². The Morgan fingerprint density at radius 1 is 0.879 bits per heavy atom. The van der Waals surface area contributed by atoms with E-state index in [0.717, 1.165) is 67.3 Å². The average Bonchev–Trinajstić information content (AvgIpc) is 3.29. The minimum atomic E-state index is 0.0430. The number of benzene rings is 3. The van der Waals surface area contributed by atoms with E-state index in [1.807, 2.05) is 48.5 Å². The van der Waals surface area contributed by atoms with Crippen LogP contribution < -0.4 is 10.2 Å². The second-order valence-corrected chi connectivity index (χ2v) is 8.46. The zero-order chi connectivity index (χ0) is 22.5. The summed E-state index contributed by atoms with van der Waals surface area (Å²) >= 11 is 0. The molecule has 0 unspecified atom stereocenters. The molecule has 1 aliphatic rings. The number of carbonyl (C=O) groups excluding carboxylic acids is 1. The molecule has 3 aromatic carbocycles. The summed E-state index contributed by atoms with van der Waals surface area (Å²) in [6, 6.07) is 26.3. The highest BCUT2D eigenvalue weighted by atomic mass is 16.1. The van der Waals surface area contributed by atoms with Crippen molar-refractivity contribution in [3.05, 3.63) is 78.9 Å². The van der Waals surface area contributed by atoms with Crippen LogP contribution >= 0.6 is 0 Å². The normalized spacial score (nSPS) is 14.5. The fraction of sp³-hybridized carbons (Fsp3) is 0.259. The van der Waals surface area contributed by atoms with Gasteiger partial charge in [-0.1, -0.05) is 42.5 Å². The number of rotatable bonds is 7. The van der Waals surface area contributed by atoms with Crippen molar-refractivity contribution in [3.63, 3.8) is 0 Å². The Kier molecular flexibility index (Phi) is 6.35. The van der Waals surface area contributed by atoms with Crippen LogP contribution in [0.4, 0.5) is 11.4 Å². The Balaban J connectivity index is 1.13. The molecule has 5 rings (SSSR count). The van der Waals surface area contributed by atoms with E-state index in [1.54, 1.807) is 0 Å². The van der Waals surface area contributed by atoms with E-state index < -0.39 is 0 Å². The van der Waals surface area contributed by atoms with Gasteiger partial charge < -0.3 is 15.2 Å². The number of anilines is 2. The van der Waals surface area contributed by atoms with E-state index in [0.29, 0.717) is 6.42 Å². The number of aromatic nitrogens is 2. The highest BCUT2D eigenvalue weighted by Gasteiger charge is 2.17. The van der Waals surface area contributed by atoms with Crippen LogP contribution in [0.15, 0.2) is 78.9 Å². The van der Waals surface area contributed by atoms with E-state index in [4.69, 9.17) is 0 Å². The van der Waals surface area contributed by atoms with Crippen molar-refractivity contribution in [3.8, 4) is 11.4 Å². The lowest BCUT2D eigenvalue weighted by Crippen LogP contribution is -2.46. The summed E-state index contributed by atoms with van der Waals surface area (Å²) in [5, 5.41) is 3.09. The quantitative estimate of drug-likeness (QED) is 0.435. The molecule has 0 atom stereocenters. The number of fused-ring (bicyclic) bond motifs is 1. The molecule has 0 spiro atoms. The molecule has 1 fully saturated rings. The Bertz CT molecular complexity index is 1180. The van der Waals surface area contributed by atoms with Crippen LogP contribution in [0.2, 0.25) is 0 Å². The van der Waals surface area contributed by atoms with Crippen LogP contribution in [0.1, 0.15) is 12.8 Å². The largest absolute Gasteiger partial charge is 0.369 e. The molecule has 1 amide bonds. The summed E-state index contributed by atoms with van der Waals surface area (Å²) in [6.45, 7) is 5.07. The van der Waals surface area contributed by atoms with E-state index in [9.17, 15) is 4.79 Å². The van der Waals surface area contributed by atoms with Crippen LogP contribution in [0.25, 0.3) is 22.4 Å². The lowest BCUT2D eigenvalue weighted by molar-refractivity contribution is -0.116. The molecule has 0 saturated carbocycles. The standard InChI is InChI=1S/C27H29N5O/c33-26(15-8-16-31-17-19-32(20-18-31)21-9-2-1-3-10-21)28-23-12-5-4-11-22(23)27-29-24-13-6-7-14-25(24)30-27/h1-7,9-14H,8,15-20H2,(H,28,33)(H,29,30). The van der Waals surface area contributed by atoms with Gasteiger partial charge in [0.15, 0.2) is 0 Å². The Morgan fingerprint density at radius 2 is 1.61 bits per heavy atom. The third-order valence-electron chi connectivity index (χ3n) is 6.22. The SMILES string of the molecule is O=C(CCCN1CCN(c2ccccc2)CC1)Nc1ccccc1-c1nc2ccccc2[nH]1. The fourth-order valence-corrected chi connectivity index (χ4v) is 4.42. The molecule has 0 aliphatic carbocycles. The molecular formula is C27H29N5O. The Morgan fingerprint density at radius 3 is 2.42 bits per heavy atom. The van der Waals surface area contributed by atoms with Crippen molar-refractivity contribution >= 4 is 28.3 Å². The summed E-state index contributed by atoms with van der Waals surface area (Å²) in [4.78, 5) is 25.6. The van der Waals surface area contributed by atoms with Gasteiger partial charge in [0.2, 0.25) is 5.91 Å². The van der Waals surface area contributed by atoms with E-state index in [1.165, 1.54) is 5.69 Å². The first-order valence-electron chi connectivity index (χ1n) is 11.6. The molecule has 2 N–H and O–H groups in total. The second-order valence-electron chi connectivity index (χ2n) is 8.46. The van der Waals surface area contributed by atoms with Gasteiger partial charge in [0, 0.05) is 43.9 Å². The van der Waals surface area contributed by atoms with Crippen LogP contribution in [0.5, 0.6) is 0 Å². The number of hydrogen-bond acceptors (Lipinski definition) is 4. The first-order valence-corrected chi connectivity index (χ1v) is 11.6. The van der Waals surface area contributed by atoms with Gasteiger partial charge in [0.1, 0.15) is 5.82 Å². The number of H-pyrrole nitrogens is 1. The van der Waals surface area contributed by atoms with Gasteiger partial charge in [-0.15, -0.1) is 0 Å². The van der Waals surface area contributed by atoms with Crippen molar-refractivity contribution in [2.75, 3.05) is 42.9 Å².